The Bertz CT molecular complexity index is 1260. The predicted octanol–water partition coefficient (Wildman–Crippen LogP) is 3.72. The van der Waals surface area contributed by atoms with Crippen LogP contribution in [-0.2, 0) is 27.4 Å². The highest BCUT2D eigenvalue weighted by Crippen LogP contribution is 2.22. The van der Waals surface area contributed by atoms with Crippen molar-refractivity contribution in [3.05, 3.63) is 75.5 Å². The van der Waals surface area contributed by atoms with Gasteiger partial charge in [-0.1, -0.05) is 73.7 Å². The Balaban J connectivity index is 1.78. The van der Waals surface area contributed by atoms with E-state index >= 15 is 0 Å². The minimum Gasteiger partial charge on any atom is -0.444 e. The SMILES string of the molecule is CC(C)[C@H](NC(=O)[C@@H](N)Cc1ccccc1F)C(=O)N(C(=O)OCc1ccccc1)c1n[nH]c(=S)s1. The van der Waals surface area contributed by atoms with Gasteiger partial charge < -0.3 is 15.8 Å². The summed E-state index contributed by atoms with van der Waals surface area (Å²) in [6, 6.07) is 12.7. The Labute approximate surface area is 216 Å². The number of ether oxygens (including phenoxy) is 1. The van der Waals surface area contributed by atoms with Crippen LogP contribution < -0.4 is 16.0 Å². The number of H-pyrrole nitrogens is 1. The topological polar surface area (TPSA) is 130 Å². The molecule has 0 fully saturated rings. The first kappa shape index (κ1) is 27.1. The zero-order valence-corrected chi connectivity index (χ0v) is 21.3. The molecular weight excluding hydrogens is 505 g/mol. The molecule has 9 nitrogen and oxygen atoms in total. The van der Waals surface area contributed by atoms with E-state index in [2.05, 4.69) is 15.5 Å². The van der Waals surface area contributed by atoms with Crippen LogP contribution in [-0.4, -0.2) is 40.2 Å². The predicted molar refractivity (Wildman–Crippen MR) is 136 cm³/mol. The lowest BCUT2D eigenvalue weighted by Gasteiger charge is -2.27. The van der Waals surface area contributed by atoms with E-state index in [0.717, 1.165) is 21.8 Å². The number of aromatic amines is 1. The van der Waals surface area contributed by atoms with Crippen molar-refractivity contribution in [3.63, 3.8) is 0 Å². The summed E-state index contributed by atoms with van der Waals surface area (Å²) in [4.78, 5) is 40.1. The highest BCUT2D eigenvalue weighted by molar-refractivity contribution is 7.73. The van der Waals surface area contributed by atoms with Gasteiger partial charge in [-0.25, -0.2) is 9.18 Å². The molecule has 2 aromatic carbocycles. The van der Waals surface area contributed by atoms with Gasteiger partial charge in [0.2, 0.25) is 11.0 Å². The van der Waals surface area contributed by atoms with Gasteiger partial charge in [0, 0.05) is 0 Å². The third kappa shape index (κ3) is 7.03. The van der Waals surface area contributed by atoms with E-state index in [4.69, 9.17) is 22.7 Å². The molecule has 36 heavy (non-hydrogen) atoms. The number of nitrogens with one attached hydrogen (secondary N) is 2. The minimum atomic E-state index is -1.15. The summed E-state index contributed by atoms with van der Waals surface area (Å²) >= 11 is 5.96. The van der Waals surface area contributed by atoms with E-state index < -0.39 is 41.7 Å². The molecule has 0 unspecified atom stereocenters. The quantitative estimate of drug-likeness (QED) is 0.359. The van der Waals surface area contributed by atoms with E-state index in [1.165, 1.54) is 18.2 Å². The van der Waals surface area contributed by atoms with Crippen molar-refractivity contribution in [1.82, 2.24) is 15.5 Å². The summed E-state index contributed by atoms with van der Waals surface area (Å²) in [6.07, 6.45) is -1.04. The normalized spacial score (nSPS) is 12.6. The van der Waals surface area contributed by atoms with Crippen molar-refractivity contribution in [2.75, 3.05) is 4.90 Å². The number of nitrogens with two attached hydrogens (primary N) is 1. The molecule has 0 radical (unpaired) electrons. The van der Waals surface area contributed by atoms with Gasteiger partial charge in [-0.05, 0) is 41.7 Å². The first-order valence-corrected chi connectivity index (χ1v) is 12.3. The summed E-state index contributed by atoms with van der Waals surface area (Å²) < 4.78 is 19.6. The van der Waals surface area contributed by atoms with Crippen LogP contribution >= 0.6 is 23.6 Å². The van der Waals surface area contributed by atoms with Crippen LogP contribution in [0.1, 0.15) is 25.0 Å². The summed E-state index contributed by atoms with van der Waals surface area (Å²) in [5.74, 6) is -2.35. The Morgan fingerprint density at radius 1 is 1.17 bits per heavy atom. The monoisotopic (exact) mass is 531 g/mol. The number of hydrogen-bond acceptors (Lipinski definition) is 8. The van der Waals surface area contributed by atoms with Crippen molar-refractivity contribution in [2.24, 2.45) is 11.7 Å². The molecule has 1 heterocycles. The van der Waals surface area contributed by atoms with Crippen LogP contribution in [0.2, 0.25) is 0 Å². The molecule has 12 heteroatoms. The molecule has 1 aromatic heterocycles. The molecular formula is C24H26FN5O4S2. The molecule has 3 amide bonds. The maximum Gasteiger partial charge on any atom is 0.423 e. The molecule has 0 aliphatic heterocycles. The highest BCUT2D eigenvalue weighted by atomic mass is 32.1. The lowest BCUT2D eigenvalue weighted by atomic mass is 10.0. The van der Waals surface area contributed by atoms with Crippen LogP contribution in [0.25, 0.3) is 0 Å². The maximum absolute atomic E-state index is 14.0. The Morgan fingerprint density at radius 2 is 1.83 bits per heavy atom. The standard InChI is InChI=1S/C24H26FN5O4S2/c1-14(2)19(27-20(31)18(26)12-16-10-6-7-11-17(16)25)21(32)30(22-28-29-23(35)36-22)24(33)34-13-15-8-4-3-5-9-15/h3-11,14,18-19H,12-13,26H2,1-2H3,(H,27,31)(H,29,35)/t18-,19-/m0/s1. The van der Waals surface area contributed by atoms with Crippen molar-refractivity contribution >= 4 is 46.6 Å². The largest absolute Gasteiger partial charge is 0.444 e. The van der Waals surface area contributed by atoms with Crippen molar-refractivity contribution in [1.29, 1.82) is 0 Å². The number of rotatable bonds is 9. The molecule has 0 saturated heterocycles. The molecule has 0 spiro atoms. The molecule has 4 N–H and O–H groups in total. The first-order valence-electron chi connectivity index (χ1n) is 11.1. The molecule has 0 saturated carbocycles. The number of hydrogen-bond donors (Lipinski definition) is 3. The van der Waals surface area contributed by atoms with Crippen molar-refractivity contribution in [3.8, 4) is 0 Å². The van der Waals surface area contributed by atoms with E-state index in [1.54, 1.807) is 44.2 Å². The van der Waals surface area contributed by atoms with Gasteiger partial charge in [0.15, 0.2) is 3.95 Å². The Morgan fingerprint density at radius 3 is 2.44 bits per heavy atom. The van der Waals surface area contributed by atoms with Crippen molar-refractivity contribution < 1.29 is 23.5 Å². The fourth-order valence-electron chi connectivity index (χ4n) is 3.27. The molecule has 3 rings (SSSR count). The summed E-state index contributed by atoms with van der Waals surface area (Å²) in [7, 11) is 0. The van der Waals surface area contributed by atoms with Crippen LogP contribution in [0, 0.1) is 15.7 Å². The van der Waals surface area contributed by atoms with Crippen LogP contribution in [0.5, 0.6) is 0 Å². The van der Waals surface area contributed by atoms with Crippen molar-refractivity contribution in [2.45, 2.75) is 39.0 Å². The lowest BCUT2D eigenvalue weighted by molar-refractivity contribution is -0.129. The fourth-order valence-corrected chi connectivity index (χ4v) is 4.14. The van der Waals surface area contributed by atoms with E-state index in [9.17, 15) is 18.8 Å². The van der Waals surface area contributed by atoms with Crippen LogP contribution in [0.3, 0.4) is 0 Å². The summed E-state index contributed by atoms with van der Waals surface area (Å²) in [5.41, 5.74) is 7.00. The summed E-state index contributed by atoms with van der Waals surface area (Å²) in [6.45, 7) is 3.32. The second-order valence-electron chi connectivity index (χ2n) is 8.24. The average Bonchev–Trinajstić information content (AvgIpc) is 3.28. The fraction of sp³-hybridized carbons (Fsp3) is 0.292. The first-order chi connectivity index (χ1) is 17.2. The number of carbonyl (C=O) groups is 3. The minimum absolute atomic E-state index is 0.0291. The number of carbonyl (C=O) groups excluding carboxylic acids is 3. The Kier molecular flexibility index (Phi) is 9.39. The number of benzene rings is 2. The number of amides is 3. The smallest absolute Gasteiger partial charge is 0.423 e. The third-order valence-corrected chi connectivity index (χ3v) is 6.27. The summed E-state index contributed by atoms with van der Waals surface area (Å²) in [5, 5.41) is 9.05. The molecule has 190 valence electrons. The zero-order chi connectivity index (χ0) is 26.2. The number of anilines is 1. The zero-order valence-electron chi connectivity index (χ0n) is 19.6. The average molecular weight is 532 g/mol. The second-order valence-corrected chi connectivity index (χ2v) is 9.89. The molecule has 2 atom stereocenters. The van der Waals surface area contributed by atoms with E-state index in [-0.39, 0.29) is 27.7 Å². The van der Waals surface area contributed by atoms with Gasteiger partial charge in [0.1, 0.15) is 18.5 Å². The molecule has 0 aliphatic carbocycles. The van der Waals surface area contributed by atoms with Gasteiger partial charge in [-0.3, -0.25) is 14.7 Å². The second kappa shape index (κ2) is 12.5. The van der Waals surface area contributed by atoms with E-state index in [1.807, 2.05) is 6.07 Å². The molecule has 0 bridgehead atoms. The third-order valence-electron chi connectivity index (χ3n) is 5.19. The van der Waals surface area contributed by atoms with Gasteiger partial charge in [-0.2, -0.15) is 4.90 Å². The van der Waals surface area contributed by atoms with Crippen LogP contribution in [0.15, 0.2) is 54.6 Å². The number of halogens is 1. The molecule has 3 aromatic rings. The maximum atomic E-state index is 14.0. The van der Waals surface area contributed by atoms with Crippen LogP contribution in [0.4, 0.5) is 14.3 Å². The van der Waals surface area contributed by atoms with Gasteiger partial charge >= 0.3 is 6.09 Å². The van der Waals surface area contributed by atoms with Gasteiger partial charge in [0.25, 0.3) is 5.91 Å². The lowest BCUT2D eigenvalue weighted by Crippen LogP contribution is -2.56. The number of nitrogens with zero attached hydrogens (tertiary/aromatic N) is 2. The Hall–Kier alpha value is -3.48. The number of imide groups is 1. The van der Waals surface area contributed by atoms with Gasteiger partial charge in [0.05, 0.1) is 6.04 Å². The number of aromatic nitrogens is 2. The highest BCUT2D eigenvalue weighted by Gasteiger charge is 2.36. The molecule has 0 aliphatic rings. The van der Waals surface area contributed by atoms with E-state index in [0.29, 0.717) is 0 Å². The van der Waals surface area contributed by atoms with Gasteiger partial charge in [-0.15, -0.1) is 5.10 Å².